The number of hydrogen-bond acceptors (Lipinski definition) is 1. The Morgan fingerprint density at radius 3 is 2.43 bits per heavy atom. The molecule has 0 bridgehead atoms. The fourth-order valence-corrected chi connectivity index (χ4v) is 3.00. The van der Waals surface area contributed by atoms with E-state index in [1.807, 2.05) is 0 Å². The predicted octanol–water partition coefficient (Wildman–Crippen LogP) is 4.52. The Morgan fingerprint density at radius 2 is 1.93 bits per heavy atom. The molecule has 0 aromatic heterocycles. The molecular weight excluding hydrogens is 212 g/mol. The maximum absolute atomic E-state index is 6.09. The van der Waals surface area contributed by atoms with Crippen LogP contribution >= 0.6 is 24.2 Å². The Balaban J connectivity index is 2.12. The number of thiol groups is 1. The number of rotatable bonds is 5. The summed E-state index contributed by atoms with van der Waals surface area (Å²) in [5.41, 5.74) is 0. The molecule has 1 unspecified atom stereocenters. The lowest BCUT2D eigenvalue weighted by Crippen LogP contribution is -2.15. The molecule has 0 nitrogen and oxygen atoms in total. The van der Waals surface area contributed by atoms with Crippen molar-refractivity contribution in [2.75, 3.05) is 5.75 Å². The highest BCUT2D eigenvalue weighted by Crippen LogP contribution is 2.31. The van der Waals surface area contributed by atoms with Crippen molar-refractivity contribution < 1.29 is 0 Å². The number of halogens is 1. The smallest absolute Gasteiger partial charge is 0.0336 e. The Kier molecular flexibility index (Phi) is 6.36. The summed E-state index contributed by atoms with van der Waals surface area (Å²) >= 11 is 10.5. The van der Waals surface area contributed by atoms with Gasteiger partial charge in [-0.1, -0.05) is 19.8 Å². The van der Waals surface area contributed by atoms with E-state index in [2.05, 4.69) is 19.6 Å². The first kappa shape index (κ1) is 12.7. The molecule has 1 rings (SSSR count). The van der Waals surface area contributed by atoms with Crippen LogP contribution in [-0.4, -0.2) is 11.1 Å². The van der Waals surface area contributed by atoms with Crippen molar-refractivity contribution in [3.63, 3.8) is 0 Å². The van der Waals surface area contributed by atoms with Gasteiger partial charge in [0.05, 0.1) is 0 Å². The third-order valence-electron chi connectivity index (χ3n) is 3.60. The molecule has 1 saturated carbocycles. The van der Waals surface area contributed by atoms with Crippen molar-refractivity contribution in [2.45, 2.75) is 57.2 Å². The molecule has 1 aliphatic rings. The first-order chi connectivity index (χ1) is 6.76. The van der Waals surface area contributed by atoms with Gasteiger partial charge in [-0.05, 0) is 49.7 Å². The summed E-state index contributed by atoms with van der Waals surface area (Å²) < 4.78 is 0. The molecular formula is C12H23ClS. The van der Waals surface area contributed by atoms with Gasteiger partial charge in [-0.3, -0.25) is 0 Å². The van der Waals surface area contributed by atoms with Crippen molar-refractivity contribution in [1.29, 1.82) is 0 Å². The Morgan fingerprint density at radius 1 is 1.29 bits per heavy atom. The summed E-state index contributed by atoms with van der Waals surface area (Å²) in [5.74, 6) is 2.85. The van der Waals surface area contributed by atoms with Crippen molar-refractivity contribution in [1.82, 2.24) is 0 Å². The second-order valence-corrected chi connectivity index (χ2v) is 5.63. The first-order valence-electron chi connectivity index (χ1n) is 6.01. The van der Waals surface area contributed by atoms with Crippen LogP contribution in [0.25, 0.3) is 0 Å². The quantitative estimate of drug-likeness (QED) is 0.525. The van der Waals surface area contributed by atoms with E-state index < -0.39 is 0 Å². The van der Waals surface area contributed by atoms with E-state index in [4.69, 9.17) is 11.6 Å². The molecule has 0 N–H and O–H groups in total. The fourth-order valence-electron chi connectivity index (χ4n) is 2.31. The van der Waals surface area contributed by atoms with Gasteiger partial charge in [-0.15, -0.1) is 11.6 Å². The Labute approximate surface area is 99.2 Å². The van der Waals surface area contributed by atoms with Crippen LogP contribution in [0.15, 0.2) is 0 Å². The molecule has 0 spiro atoms. The zero-order valence-corrected chi connectivity index (χ0v) is 10.9. The van der Waals surface area contributed by atoms with Crippen LogP contribution in [-0.2, 0) is 0 Å². The van der Waals surface area contributed by atoms with E-state index >= 15 is 0 Å². The zero-order valence-electron chi connectivity index (χ0n) is 9.21. The Hall–Kier alpha value is 0.640. The standard InChI is InChI=1S/C12H23ClS/c1-2-10(9-14)3-4-11-5-7-12(13)8-6-11/h10-12,14H,2-9H2,1H3. The second-order valence-electron chi connectivity index (χ2n) is 4.65. The lowest BCUT2D eigenvalue weighted by Gasteiger charge is -2.26. The third-order valence-corrected chi connectivity index (χ3v) is 4.55. The van der Waals surface area contributed by atoms with Crippen LogP contribution in [0.3, 0.4) is 0 Å². The highest BCUT2D eigenvalue weighted by atomic mass is 35.5. The molecule has 0 aliphatic heterocycles. The van der Waals surface area contributed by atoms with Gasteiger partial charge in [0, 0.05) is 5.38 Å². The van der Waals surface area contributed by atoms with Crippen LogP contribution in [0.5, 0.6) is 0 Å². The van der Waals surface area contributed by atoms with Crippen molar-refractivity contribution >= 4 is 24.2 Å². The van der Waals surface area contributed by atoms with E-state index in [1.165, 1.54) is 44.9 Å². The van der Waals surface area contributed by atoms with Gasteiger partial charge < -0.3 is 0 Å². The van der Waals surface area contributed by atoms with Crippen molar-refractivity contribution in [3.8, 4) is 0 Å². The highest BCUT2D eigenvalue weighted by Gasteiger charge is 2.19. The molecule has 0 heterocycles. The summed E-state index contributed by atoms with van der Waals surface area (Å²) in [6.07, 6.45) is 9.26. The largest absolute Gasteiger partial charge is 0.179 e. The van der Waals surface area contributed by atoms with E-state index in [1.54, 1.807) is 0 Å². The van der Waals surface area contributed by atoms with Gasteiger partial charge in [0.25, 0.3) is 0 Å². The maximum Gasteiger partial charge on any atom is 0.0336 e. The molecule has 1 atom stereocenters. The van der Waals surface area contributed by atoms with Gasteiger partial charge >= 0.3 is 0 Å². The molecule has 0 aromatic carbocycles. The monoisotopic (exact) mass is 234 g/mol. The van der Waals surface area contributed by atoms with Crippen LogP contribution in [0.4, 0.5) is 0 Å². The third kappa shape index (κ3) is 4.44. The summed E-state index contributed by atoms with van der Waals surface area (Å²) in [6.45, 7) is 2.27. The molecule has 0 radical (unpaired) electrons. The molecule has 14 heavy (non-hydrogen) atoms. The summed E-state index contributed by atoms with van der Waals surface area (Å²) in [7, 11) is 0. The molecule has 1 fully saturated rings. The molecule has 0 amide bonds. The van der Waals surface area contributed by atoms with Crippen LogP contribution in [0.2, 0.25) is 0 Å². The average Bonchev–Trinajstić information content (AvgIpc) is 2.22. The summed E-state index contributed by atoms with van der Waals surface area (Å²) in [6, 6.07) is 0. The van der Waals surface area contributed by atoms with Gasteiger partial charge in [0.1, 0.15) is 0 Å². The van der Waals surface area contributed by atoms with Gasteiger partial charge in [0.2, 0.25) is 0 Å². The van der Waals surface area contributed by atoms with E-state index in [9.17, 15) is 0 Å². The SMILES string of the molecule is CCC(CS)CCC1CCC(Cl)CC1. The predicted molar refractivity (Wildman–Crippen MR) is 68.5 cm³/mol. The van der Waals surface area contributed by atoms with Crippen molar-refractivity contribution in [3.05, 3.63) is 0 Å². The number of alkyl halides is 1. The van der Waals surface area contributed by atoms with Crippen LogP contribution < -0.4 is 0 Å². The average molecular weight is 235 g/mol. The lowest BCUT2D eigenvalue weighted by atomic mass is 9.84. The normalized spacial score (nSPS) is 30.2. The Bertz CT molecular complexity index is 137. The molecule has 0 saturated heterocycles. The molecule has 2 heteroatoms. The first-order valence-corrected chi connectivity index (χ1v) is 7.08. The van der Waals surface area contributed by atoms with Gasteiger partial charge in [-0.25, -0.2) is 0 Å². The molecule has 84 valence electrons. The second kappa shape index (κ2) is 7.00. The molecule has 0 aromatic rings. The minimum absolute atomic E-state index is 0.470. The summed E-state index contributed by atoms with van der Waals surface area (Å²) in [5, 5.41) is 0.470. The van der Waals surface area contributed by atoms with Gasteiger partial charge in [-0.2, -0.15) is 12.6 Å². The maximum atomic E-state index is 6.09. The van der Waals surface area contributed by atoms with E-state index in [0.29, 0.717) is 5.38 Å². The van der Waals surface area contributed by atoms with E-state index in [0.717, 1.165) is 17.6 Å². The zero-order chi connectivity index (χ0) is 10.4. The van der Waals surface area contributed by atoms with Crippen molar-refractivity contribution in [2.24, 2.45) is 11.8 Å². The minimum Gasteiger partial charge on any atom is -0.179 e. The summed E-state index contributed by atoms with van der Waals surface area (Å²) in [4.78, 5) is 0. The van der Waals surface area contributed by atoms with E-state index in [-0.39, 0.29) is 0 Å². The fraction of sp³-hybridized carbons (Fsp3) is 1.00. The van der Waals surface area contributed by atoms with Crippen LogP contribution in [0.1, 0.15) is 51.9 Å². The lowest BCUT2D eigenvalue weighted by molar-refractivity contribution is 0.315. The van der Waals surface area contributed by atoms with Gasteiger partial charge in [0.15, 0.2) is 0 Å². The van der Waals surface area contributed by atoms with Crippen LogP contribution in [0, 0.1) is 11.8 Å². The number of hydrogen-bond donors (Lipinski definition) is 1. The molecule has 1 aliphatic carbocycles. The highest BCUT2D eigenvalue weighted by molar-refractivity contribution is 7.80. The topological polar surface area (TPSA) is 0 Å². The minimum atomic E-state index is 0.470.